The van der Waals surface area contributed by atoms with E-state index in [-0.39, 0.29) is 0 Å². The zero-order chi connectivity index (χ0) is 11.4. The molecule has 2 rings (SSSR count). The van der Waals surface area contributed by atoms with E-state index in [4.69, 9.17) is 0 Å². The molecule has 0 atom stereocenters. The van der Waals surface area contributed by atoms with Crippen molar-refractivity contribution in [1.29, 1.82) is 0 Å². The molecule has 0 fully saturated rings. The molecule has 0 spiro atoms. The van der Waals surface area contributed by atoms with Crippen LogP contribution >= 0.6 is 0 Å². The monoisotopic (exact) mass is 212 g/mol. The summed E-state index contributed by atoms with van der Waals surface area (Å²) in [4.78, 5) is 0. The van der Waals surface area contributed by atoms with Crippen LogP contribution in [0.5, 0.6) is 5.75 Å². The molecule has 0 aliphatic heterocycles. The minimum atomic E-state index is 0.426. The topological polar surface area (TPSA) is 20.2 Å². The fourth-order valence-electron chi connectivity index (χ4n) is 1.91. The quantitative estimate of drug-likeness (QED) is 0.815. The Morgan fingerprint density at radius 2 is 1.69 bits per heavy atom. The number of phenols is 1. The largest absolute Gasteiger partial charge is 0.507 e. The maximum atomic E-state index is 10.2. The smallest absolute Gasteiger partial charge is 0.126 e. The van der Waals surface area contributed by atoms with E-state index in [1.807, 2.05) is 48.5 Å². The number of para-hydroxylation sites is 1. The molecule has 0 aliphatic rings. The lowest BCUT2D eigenvalue weighted by atomic mass is 9.99. The molecule has 2 aromatic rings. The fourth-order valence-corrected chi connectivity index (χ4v) is 1.91. The van der Waals surface area contributed by atoms with Crippen LogP contribution in [0.3, 0.4) is 0 Å². The molecule has 0 amide bonds. The van der Waals surface area contributed by atoms with Gasteiger partial charge in [0.2, 0.25) is 0 Å². The third-order valence-electron chi connectivity index (χ3n) is 2.72. The highest BCUT2D eigenvalue weighted by Gasteiger charge is 2.07. The summed E-state index contributed by atoms with van der Waals surface area (Å²) >= 11 is 0. The predicted molar refractivity (Wildman–Crippen MR) is 67.5 cm³/mol. The van der Waals surface area contributed by atoms with Crippen LogP contribution in [0.15, 0.2) is 48.5 Å². The van der Waals surface area contributed by atoms with Crippen LogP contribution in [0, 0.1) is 0 Å². The summed E-state index contributed by atoms with van der Waals surface area (Å²) in [5, 5.41) is 10.2. The first-order valence-corrected chi connectivity index (χ1v) is 5.69. The minimum absolute atomic E-state index is 0.426. The molecule has 0 aromatic heterocycles. The molecule has 1 heteroatoms. The molecule has 1 nitrogen and oxygen atoms in total. The van der Waals surface area contributed by atoms with Gasteiger partial charge in [-0.25, -0.2) is 0 Å². The van der Waals surface area contributed by atoms with Crippen LogP contribution < -0.4 is 0 Å². The molecule has 1 N–H and O–H groups in total. The Balaban J connectivity index is 2.46. The van der Waals surface area contributed by atoms with Crippen LogP contribution in [0.25, 0.3) is 11.1 Å². The lowest BCUT2D eigenvalue weighted by molar-refractivity contribution is 0.469. The van der Waals surface area contributed by atoms with Gasteiger partial charge in [0.1, 0.15) is 5.75 Å². The van der Waals surface area contributed by atoms with Crippen molar-refractivity contribution in [1.82, 2.24) is 0 Å². The fraction of sp³-hybridized carbons (Fsp3) is 0.200. The van der Waals surface area contributed by atoms with E-state index in [0.717, 1.165) is 29.5 Å². The third-order valence-corrected chi connectivity index (χ3v) is 2.72. The first-order valence-electron chi connectivity index (χ1n) is 5.69. The zero-order valence-corrected chi connectivity index (χ0v) is 9.48. The van der Waals surface area contributed by atoms with Gasteiger partial charge in [-0.3, -0.25) is 0 Å². The normalized spacial score (nSPS) is 10.3. The molecule has 0 heterocycles. The van der Waals surface area contributed by atoms with Crippen molar-refractivity contribution in [3.05, 3.63) is 54.1 Å². The van der Waals surface area contributed by atoms with Gasteiger partial charge in [-0.15, -0.1) is 0 Å². The van der Waals surface area contributed by atoms with Crippen molar-refractivity contribution in [3.8, 4) is 16.9 Å². The van der Waals surface area contributed by atoms with Gasteiger partial charge in [0.15, 0.2) is 0 Å². The molecule has 0 bridgehead atoms. The molecule has 16 heavy (non-hydrogen) atoms. The number of benzene rings is 2. The molecule has 0 unspecified atom stereocenters. The van der Waals surface area contributed by atoms with E-state index in [9.17, 15) is 5.11 Å². The van der Waals surface area contributed by atoms with Crippen LogP contribution in [0.4, 0.5) is 0 Å². The Morgan fingerprint density at radius 1 is 0.938 bits per heavy atom. The SMILES string of the molecule is CCCc1cccc(-c2ccccc2)c1O. The lowest BCUT2D eigenvalue weighted by Crippen LogP contribution is -1.87. The molecule has 0 aliphatic carbocycles. The second-order valence-corrected chi connectivity index (χ2v) is 3.93. The van der Waals surface area contributed by atoms with Crippen LogP contribution in [-0.2, 0) is 6.42 Å². The molecule has 0 saturated heterocycles. The van der Waals surface area contributed by atoms with Gasteiger partial charge in [0.25, 0.3) is 0 Å². The van der Waals surface area contributed by atoms with E-state index in [0.29, 0.717) is 5.75 Å². The summed E-state index contributed by atoms with van der Waals surface area (Å²) in [5.41, 5.74) is 3.02. The van der Waals surface area contributed by atoms with Gasteiger partial charge >= 0.3 is 0 Å². The summed E-state index contributed by atoms with van der Waals surface area (Å²) in [7, 11) is 0. The van der Waals surface area contributed by atoms with Crippen molar-refractivity contribution in [2.24, 2.45) is 0 Å². The van der Waals surface area contributed by atoms with Gasteiger partial charge in [-0.2, -0.15) is 0 Å². The van der Waals surface area contributed by atoms with Crippen molar-refractivity contribution < 1.29 is 5.11 Å². The van der Waals surface area contributed by atoms with Crippen molar-refractivity contribution in [2.45, 2.75) is 19.8 Å². The van der Waals surface area contributed by atoms with E-state index in [2.05, 4.69) is 6.92 Å². The van der Waals surface area contributed by atoms with Crippen molar-refractivity contribution in [3.63, 3.8) is 0 Å². The molecule has 82 valence electrons. The van der Waals surface area contributed by atoms with Crippen molar-refractivity contribution >= 4 is 0 Å². The second kappa shape index (κ2) is 4.84. The first-order chi connectivity index (χ1) is 7.83. The Kier molecular flexibility index (Phi) is 3.25. The maximum absolute atomic E-state index is 10.2. The van der Waals surface area contributed by atoms with Gasteiger partial charge < -0.3 is 5.11 Å². The van der Waals surface area contributed by atoms with Crippen LogP contribution in [0.2, 0.25) is 0 Å². The highest BCUT2D eigenvalue weighted by atomic mass is 16.3. The molecule has 2 aromatic carbocycles. The van der Waals surface area contributed by atoms with E-state index >= 15 is 0 Å². The summed E-state index contributed by atoms with van der Waals surface area (Å²) in [5.74, 6) is 0.426. The average Bonchev–Trinajstić information content (AvgIpc) is 2.33. The van der Waals surface area contributed by atoms with Crippen molar-refractivity contribution in [2.75, 3.05) is 0 Å². The number of aryl methyl sites for hydroxylation is 1. The number of hydrogen-bond acceptors (Lipinski definition) is 1. The Hall–Kier alpha value is -1.76. The third kappa shape index (κ3) is 2.08. The standard InChI is InChI=1S/C15H16O/c1-2-7-13-10-6-11-14(15(13)16)12-8-4-3-5-9-12/h3-6,8-11,16H,2,7H2,1H3. The second-order valence-electron chi connectivity index (χ2n) is 3.93. The Morgan fingerprint density at radius 3 is 2.38 bits per heavy atom. The number of hydrogen-bond donors (Lipinski definition) is 1. The Labute approximate surface area is 96.4 Å². The summed E-state index contributed by atoms with van der Waals surface area (Å²) in [6.07, 6.45) is 1.97. The minimum Gasteiger partial charge on any atom is -0.507 e. The maximum Gasteiger partial charge on any atom is 0.126 e. The van der Waals surface area contributed by atoms with E-state index < -0.39 is 0 Å². The van der Waals surface area contributed by atoms with Gasteiger partial charge in [-0.1, -0.05) is 61.9 Å². The number of rotatable bonds is 3. The van der Waals surface area contributed by atoms with Crippen LogP contribution in [0.1, 0.15) is 18.9 Å². The zero-order valence-electron chi connectivity index (χ0n) is 9.48. The predicted octanol–water partition coefficient (Wildman–Crippen LogP) is 4.01. The number of phenolic OH excluding ortho intramolecular Hbond substituents is 1. The summed E-state index contributed by atoms with van der Waals surface area (Å²) in [6.45, 7) is 2.12. The lowest BCUT2D eigenvalue weighted by Gasteiger charge is -2.09. The molecular formula is C15H16O. The van der Waals surface area contributed by atoms with Gasteiger partial charge in [0, 0.05) is 5.56 Å². The summed E-state index contributed by atoms with van der Waals surface area (Å²) in [6, 6.07) is 16.0. The van der Waals surface area contributed by atoms with Gasteiger partial charge in [-0.05, 0) is 17.5 Å². The molecule has 0 radical (unpaired) electrons. The summed E-state index contributed by atoms with van der Waals surface area (Å²) < 4.78 is 0. The van der Waals surface area contributed by atoms with E-state index in [1.165, 1.54) is 0 Å². The highest BCUT2D eigenvalue weighted by Crippen LogP contribution is 2.32. The van der Waals surface area contributed by atoms with Gasteiger partial charge in [0.05, 0.1) is 0 Å². The molecular weight excluding hydrogens is 196 g/mol. The van der Waals surface area contributed by atoms with E-state index in [1.54, 1.807) is 0 Å². The first kappa shape index (κ1) is 10.7. The van der Waals surface area contributed by atoms with Crippen LogP contribution in [-0.4, -0.2) is 5.11 Å². The highest BCUT2D eigenvalue weighted by molar-refractivity contribution is 5.71. The average molecular weight is 212 g/mol. The Bertz CT molecular complexity index is 460. The molecule has 0 saturated carbocycles. The number of aromatic hydroxyl groups is 1.